The monoisotopic (exact) mass is 289 g/mol. The van der Waals surface area contributed by atoms with Gasteiger partial charge in [0, 0.05) is 6.04 Å². The lowest BCUT2D eigenvalue weighted by molar-refractivity contribution is -0.828. The van der Waals surface area contributed by atoms with E-state index in [9.17, 15) is 4.79 Å². The van der Waals surface area contributed by atoms with Crippen LogP contribution in [0.2, 0.25) is 0 Å². The van der Waals surface area contributed by atoms with E-state index in [0.29, 0.717) is 18.8 Å². The fraction of sp³-hybridized carbons (Fsp3) is 0.471. The summed E-state index contributed by atoms with van der Waals surface area (Å²) in [6, 6.07) is 7.54. The zero-order valence-electron chi connectivity index (χ0n) is 13.1. The molecular formula is C17H25N2O2+. The quantitative estimate of drug-likeness (QED) is 0.647. The van der Waals surface area contributed by atoms with Crippen molar-refractivity contribution in [3.8, 4) is 18.1 Å². The van der Waals surface area contributed by atoms with Crippen LogP contribution in [0.5, 0.6) is 5.75 Å². The number of nitrogens with zero attached hydrogens (tertiary/aromatic N) is 1. The van der Waals surface area contributed by atoms with Crippen LogP contribution in [-0.2, 0) is 6.42 Å². The average Bonchev–Trinajstić information content (AvgIpc) is 2.38. The molecule has 4 heteroatoms. The normalized spacial score (nSPS) is 14.8. The summed E-state index contributed by atoms with van der Waals surface area (Å²) in [4.78, 5) is 12.4. The lowest BCUT2D eigenvalue weighted by Gasteiger charge is -2.27. The Morgan fingerprint density at radius 1 is 1.52 bits per heavy atom. The smallest absolute Gasteiger partial charge is 0.381 e. The molecule has 0 bridgehead atoms. The Labute approximate surface area is 127 Å². The van der Waals surface area contributed by atoms with Gasteiger partial charge in [-0.25, -0.2) is 4.48 Å². The second-order valence-electron chi connectivity index (χ2n) is 5.68. The molecule has 0 heterocycles. The first kappa shape index (κ1) is 17.2. The predicted molar refractivity (Wildman–Crippen MR) is 84.9 cm³/mol. The molecule has 0 radical (unpaired) electrons. The summed E-state index contributed by atoms with van der Waals surface area (Å²) in [7, 11) is 1.80. The van der Waals surface area contributed by atoms with E-state index in [1.54, 1.807) is 13.1 Å². The van der Waals surface area contributed by atoms with Crippen LogP contribution in [0.3, 0.4) is 0 Å². The first-order chi connectivity index (χ1) is 9.91. The Morgan fingerprint density at radius 3 is 2.81 bits per heavy atom. The number of hydrogen-bond donors (Lipinski definition) is 1. The lowest BCUT2D eigenvalue weighted by atomic mass is 10.1. The number of nitrogens with two attached hydrogens (primary N) is 1. The number of amides is 1. The molecule has 0 aromatic heterocycles. The topological polar surface area (TPSA) is 52.3 Å². The molecule has 21 heavy (non-hydrogen) atoms. The molecule has 0 saturated heterocycles. The van der Waals surface area contributed by atoms with Crippen LogP contribution in [0.1, 0.15) is 25.8 Å². The van der Waals surface area contributed by atoms with Gasteiger partial charge in [-0.3, -0.25) is 0 Å². The standard InChI is InChI=1S/C17H25N2O2/c1-5-10-19(4,11-6-2)17(20)21-16-9-7-8-15(13-16)12-14(3)18/h1,7-9,13-14H,6,10-12,18H2,2-4H3/q+1. The largest absolute Gasteiger partial charge is 0.522 e. The zero-order chi connectivity index (χ0) is 15.9. The highest BCUT2D eigenvalue weighted by Crippen LogP contribution is 2.17. The van der Waals surface area contributed by atoms with Gasteiger partial charge in [-0.15, -0.1) is 6.42 Å². The maximum atomic E-state index is 12.4. The van der Waals surface area contributed by atoms with Crippen LogP contribution in [0.15, 0.2) is 24.3 Å². The molecule has 0 saturated carbocycles. The van der Waals surface area contributed by atoms with Crippen molar-refractivity contribution in [1.82, 2.24) is 0 Å². The first-order valence-corrected chi connectivity index (χ1v) is 7.26. The number of hydrogen-bond acceptors (Lipinski definition) is 3. The third-order valence-electron chi connectivity index (χ3n) is 3.26. The second kappa shape index (κ2) is 7.82. The van der Waals surface area contributed by atoms with Crippen molar-refractivity contribution in [2.24, 2.45) is 5.73 Å². The molecule has 2 unspecified atom stereocenters. The van der Waals surface area contributed by atoms with E-state index in [1.165, 1.54) is 0 Å². The van der Waals surface area contributed by atoms with Gasteiger partial charge in [0.2, 0.25) is 0 Å². The average molecular weight is 289 g/mol. The Morgan fingerprint density at radius 2 is 2.24 bits per heavy atom. The van der Waals surface area contributed by atoms with E-state index >= 15 is 0 Å². The number of ether oxygens (including phenoxy) is 1. The summed E-state index contributed by atoms with van der Waals surface area (Å²) in [6.07, 6.45) is 6.65. The molecule has 1 aromatic carbocycles. The Bertz CT molecular complexity index is 520. The summed E-state index contributed by atoms with van der Waals surface area (Å²) in [5.74, 6) is 3.09. The molecule has 0 aliphatic rings. The minimum absolute atomic E-state index is 0.0681. The molecule has 0 aliphatic heterocycles. The Kier molecular flexibility index (Phi) is 6.41. The van der Waals surface area contributed by atoms with E-state index in [1.807, 2.05) is 32.0 Å². The van der Waals surface area contributed by atoms with Crippen LogP contribution in [-0.4, -0.2) is 36.8 Å². The minimum atomic E-state index is -0.326. The van der Waals surface area contributed by atoms with Crippen molar-refractivity contribution in [3.63, 3.8) is 0 Å². The van der Waals surface area contributed by atoms with Gasteiger partial charge in [0.1, 0.15) is 12.3 Å². The van der Waals surface area contributed by atoms with E-state index in [2.05, 4.69) is 5.92 Å². The fourth-order valence-corrected chi connectivity index (χ4v) is 2.25. The van der Waals surface area contributed by atoms with Crippen LogP contribution in [0.4, 0.5) is 4.79 Å². The van der Waals surface area contributed by atoms with Gasteiger partial charge in [-0.2, -0.15) is 4.79 Å². The van der Waals surface area contributed by atoms with Crippen LogP contribution >= 0.6 is 0 Å². The highest BCUT2D eigenvalue weighted by atomic mass is 16.6. The van der Waals surface area contributed by atoms with Gasteiger partial charge < -0.3 is 10.5 Å². The van der Waals surface area contributed by atoms with Crippen LogP contribution in [0.25, 0.3) is 0 Å². The third kappa shape index (κ3) is 5.22. The van der Waals surface area contributed by atoms with Crippen molar-refractivity contribution >= 4 is 6.09 Å². The summed E-state index contributed by atoms with van der Waals surface area (Å²) < 4.78 is 5.59. The van der Waals surface area contributed by atoms with Gasteiger partial charge >= 0.3 is 6.09 Å². The SMILES string of the molecule is C#CC[N+](C)(CCC)C(=O)Oc1cccc(CC(C)N)c1. The summed E-state index contributed by atoms with van der Waals surface area (Å²) in [5, 5.41) is 0. The Balaban J connectivity index is 2.84. The molecule has 1 amide bonds. The first-order valence-electron chi connectivity index (χ1n) is 7.26. The van der Waals surface area contributed by atoms with Crippen molar-refractivity contribution in [3.05, 3.63) is 29.8 Å². The number of quaternary nitrogens is 1. The number of carbonyl (C=O) groups excluding carboxylic acids is 1. The number of carbonyl (C=O) groups is 1. The molecule has 0 spiro atoms. The molecule has 114 valence electrons. The Hall–Kier alpha value is -1.83. The number of rotatable bonds is 6. The summed E-state index contributed by atoms with van der Waals surface area (Å²) in [6.45, 7) is 4.94. The van der Waals surface area contributed by atoms with Gasteiger partial charge in [0.25, 0.3) is 0 Å². The molecule has 2 N–H and O–H groups in total. The van der Waals surface area contributed by atoms with E-state index in [4.69, 9.17) is 16.9 Å². The fourth-order valence-electron chi connectivity index (χ4n) is 2.25. The van der Waals surface area contributed by atoms with Gasteiger partial charge in [-0.05, 0) is 43.4 Å². The molecule has 0 fully saturated rings. The van der Waals surface area contributed by atoms with Gasteiger partial charge in [0.05, 0.1) is 13.6 Å². The van der Waals surface area contributed by atoms with E-state index in [0.717, 1.165) is 18.4 Å². The number of benzene rings is 1. The maximum absolute atomic E-state index is 12.4. The van der Waals surface area contributed by atoms with Crippen molar-refractivity contribution in [2.75, 3.05) is 20.1 Å². The zero-order valence-corrected chi connectivity index (χ0v) is 13.1. The molecule has 1 rings (SSSR count). The van der Waals surface area contributed by atoms with E-state index in [-0.39, 0.29) is 16.6 Å². The molecule has 0 aliphatic carbocycles. The lowest BCUT2D eigenvalue weighted by Crippen LogP contribution is -2.51. The van der Waals surface area contributed by atoms with Gasteiger partial charge in [-0.1, -0.05) is 19.1 Å². The van der Waals surface area contributed by atoms with Crippen LogP contribution in [0, 0.1) is 12.3 Å². The number of terminal acetylenes is 1. The summed E-state index contributed by atoms with van der Waals surface area (Å²) in [5.41, 5.74) is 6.84. The van der Waals surface area contributed by atoms with E-state index < -0.39 is 0 Å². The molecular weight excluding hydrogens is 264 g/mol. The molecule has 4 nitrogen and oxygen atoms in total. The van der Waals surface area contributed by atoms with Crippen molar-refractivity contribution in [2.45, 2.75) is 32.7 Å². The second-order valence-corrected chi connectivity index (χ2v) is 5.68. The predicted octanol–water partition coefficient (Wildman–Crippen LogP) is 2.56. The minimum Gasteiger partial charge on any atom is -0.381 e. The van der Waals surface area contributed by atoms with Crippen LogP contribution < -0.4 is 10.5 Å². The molecule has 2 atom stereocenters. The van der Waals surface area contributed by atoms with Crippen molar-refractivity contribution < 1.29 is 14.0 Å². The van der Waals surface area contributed by atoms with Crippen molar-refractivity contribution in [1.29, 1.82) is 0 Å². The third-order valence-corrected chi connectivity index (χ3v) is 3.26. The summed E-state index contributed by atoms with van der Waals surface area (Å²) >= 11 is 0. The highest BCUT2D eigenvalue weighted by molar-refractivity contribution is 5.63. The highest BCUT2D eigenvalue weighted by Gasteiger charge is 2.32. The molecule has 1 aromatic rings. The van der Waals surface area contributed by atoms with Gasteiger partial charge in [0.15, 0.2) is 0 Å². The maximum Gasteiger partial charge on any atom is 0.522 e.